The molecule has 124 valence electrons. The molecule has 24 heavy (non-hydrogen) atoms. The van der Waals surface area contributed by atoms with Crippen molar-refractivity contribution in [2.24, 2.45) is 0 Å². The van der Waals surface area contributed by atoms with Crippen LogP contribution in [0.3, 0.4) is 0 Å². The fourth-order valence-corrected chi connectivity index (χ4v) is 2.82. The predicted octanol–water partition coefficient (Wildman–Crippen LogP) is 1.45. The van der Waals surface area contributed by atoms with Gasteiger partial charge in [-0.3, -0.25) is 4.79 Å². The first kappa shape index (κ1) is 15.9. The van der Waals surface area contributed by atoms with Crippen LogP contribution < -0.4 is 15.7 Å². The molecule has 0 unspecified atom stereocenters. The summed E-state index contributed by atoms with van der Waals surface area (Å²) in [7, 11) is 1.53. The highest BCUT2D eigenvalue weighted by molar-refractivity contribution is 7.12. The summed E-state index contributed by atoms with van der Waals surface area (Å²) in [6.07, 6.45) is 0. The lowest BCUT2D eigenvalue weighted by Crippen LogP contribution is -2.29. The van der Waals surface area contributed by atoms with Crippen molar-refractivity contribution < 1.29 is 9.53 Å². The zero-order valence-electron chi connectivity index (χ0n) is 13.1. The smallest absolute Gasteiger partial charge is 0.369 e. The largest absolute Gasteiger partial charge is 0.495 e. The molecule has 1 amide bonds. The van der Waals surface area contributed by atoms with Gasteiger partial charge in [0, 0.05) is 0 Å². The van der Waals surface area contributed by atoms with Gasteiger partial charge in [0.2, 0.25) is 5.91 Å². The highest BCUT2D eigenvalue weighted by Crippen LogP contribution is 2.25. The van der Waals surface area contributed by atoms with Gasteiger partial charge in [-0.1, -0.05) is 6.07 Å². The zero-order chi connectivity index (χ0) is 17.1. The molecule has 0 spiro atoms. The number of carbonyl (C=O) groups is 1. The topological polar surface area (TPSA) is 91.0 Å². The molecule has 9 heteroatoms. The Bertz CT molecular complexity index is 914. The molecule has 8 nitrogen and oxygen atoms in total. The van der Waals surface area contributed by atoms with Crippen LogP contribution in [0.4, 0.5) is 5.69 Å². The Morgan fingerprint density at radius 1 is 1.33 bits per heavy atom. The molecular formula is C15H15N5O3S. The summed E-state index contributed by atoms with van der Waals surface area (Å²) in [5.41, 5.74) is 1.05. The van der Waals surface area contributed by atoms with Crippen molar-refractivity contribution in [2.45, 2.75) is 13.5 Å². The van der Waals surface area contributed by atoms with Gasteiger partial charge in [0.05, 0.1) is 12.8 Å². The third-order valence-corrected chi connectivity index (χ3v) is 4.12. The van der Waals surface area contributed by atoms with Crippen LogP contribution in [0, 0.1) is 6.92 Å². The van der Waals surface area contributed by atoms with Crippen LogP contribution in [-0.2, 0) is 11.3 Å². The van der Waals surface area contributed by atoms with E-state index in [0.717, 1.165) is 14.9 Å². The van der Waals surface area contributed by atoms with Crippen molar-refractivity contribution in [3.63, 3.8) is 0 Å². The summed E-state index contributed by atoms with van der Waals surface area (Å²) in [5.74, 6) is 0.155. The van der Waals surface area contributed by atoms with Gasteiger partial charge in [-0.15, -0.1) is 11.3 Å². The summed E-state index contributed by atoms with van der Waals surface area (Å²) in [5, 5.41) is 12.7. The SMILES string of the molecule is COc1ccc(C)cc1NC(=O)Cn1nnn(-c2cccs2)c1=O. The van der Waals surface area contributed by atoms with E-state index in [1.165, 1.54) is 18.4 Å². The van der Waals surface area contributed by atoms with E-state index in [1.54, 1.807) is 18.2 Å². The van der Waals surface area contributed by atoms with Crippen LogP contribution in [0.1, 0.15) is 5.56 Å². The van der Waals surface area contributed by atoms with Gasteiger partial charge in [0.1, 0.15) is 17.3 Å². The molecule has 0 radical (unpaired) electrons. The second kappa shape index (κ2) is 6.67. The molecular weight excluding hydrogens is 330 g/mol. The second-order valence-electron chi connectivity index (χ2n) is 5.03. The standard InChI is InChI=1S/C15H15N5O3S/c1-10-5-6-12(23-2)11(8-10)16-13(21)9-19-15(22)20(18-17-19)14-4-3-7-24-14/h3-8H,9H2,1-2H3,(H,16,21). The van der Waals surface area contributed by atoms with E-state index in [4.69, 9.17) is 4.74 Å². The lowest BCUT2D eigenvalue weighted by molar-refractivity contribution is -0.117. The fourth-order valence-electron chi connectivity index (χ4n) is 2.15. The minimum atomic E-state index is -0.469. The van der Waals surface area contributed by atoms with Gasteiger partial charge in [-0.05, 0) is 52.6 Å². The van der Waals surface area contributed by atoms with Crippen LogP contribution >= 0.6 is 11.3 Å². The Morgan fingerprint density at radius 3 is 2.88 bits per heavy atom. The number of hydrogen-bond acceptors (Lipinski definition) is 6. The van der Waals surface area contributed by atoms with Crippen LogP contribution in [0.25, 0.3) is 5.00 Å². The van der Waals surface area contributed by atoms with Crippen LogP contribution in [0.15, 0.2) is 40.5 Å². The summed E-state index contributed by atoms with van der Waals surface area (Å²) >= 11 is 1.36. The minimum Gasteiger partial charge on any atom is -0.495 e. The summed E-state index contributed by atoms with van der Waals surface area (Å²) in [6, 6.07) is 9.00. The number of benzene rings is 1. The average molecular weight is 345 g/mol. The van der Waals surface area contributed by atoms with E-state index < -0.39 is 5.69 Å². The third kappa shape index (κ3) is 3.20. The number of anilines is 1. The first-order valence-electron chi connectivity index (χ1n) is 7.09. The van der Waals surface area contributed by atoms with E-state index in [-0.39, 0.29) is 12.5 Å². The Morgan fingerprint density at radius 2 is 2.17 bits per heavy atom. The fraction of sp³-hybridized carbons (Fsp3) is 0.200. The first-order chi connectivity index (χ1) is 11.6. The number of rotatable bonds is 5. The molecule has 2 heterocycles. The molecule has 3 rings (SSSR count). The van der Waals surface area contributed by atoms with Gasteiger partial charge < -0.3 is 10.1 Å². The van der Waals surface area contributed by atoms with Crippen molar-refractivity contribution in [3.05, 3.63) is 51.8 Å². The monoisotopic (exact) mass is 345 g/mol. The summed E-state index contributed by atoms with van der Waals surface area (Å²) < 4.78 is 7.38. The minimum absolute atomic E-state index is 0.235. The molecule has 0 fully saturated rings. The molecule has 0 aliphatic carbocycles. The van der Waals surface area contributed by atoms with Crippen molar-refractivity contribution in [1.82, 2.24) is 19.8 Å². The van der Waals surface area contributed by atoms with Crippen molar-refractivity contribution >= 4 is 22.9 Å². The van der Waals surface area contributed by atoms with Crippen LogP contribution in [0.5, 0.6) is 5.75 Å². The molecule has 0 saturated heterocycles. The number of tetrazole rings is 1. The molecule has 0 bridgehead atoms. The molecule has 3 aromatic rings. The van der Waals surface area contributed by atoms with Crippen LogP contribution in [-0.4, -0.2) is 32.8 Å². The molecule has 0 atom stereocenters. The Labute approximate surface area is 141 Å². The second-order valence-corrected chi connectivity index (χ2v) is 5.96. The number of amides is 1. The zero-order valence-corrected chi connectivity index (χ0v) is 13.9. The number of aryl methyl sites for hydroxylation is 1. The van der Waals surface area contributed by atoms with Gasteiger partial charge in [-0.2, -0.15) is 9.36 Å². The van der Waals surface area contributed by atoms with Crippen molar-refractivity contribution in [1.29, 1.82) is 0 Å². The number of carbonyl (C=O) groups excluding carboxylic acids is 1. The first-order valence-corrected chi connectivity index (χ1v) is 7.97. The number of aromatic nitrogens is 4. The summed E-state index contributed by atoms with van der Waals surface area (Å²) in [6.45, 7) is 1.67. The Hall–Kier alpha value is -2.94. The maximum atomic E-state index is 12.2. The summed E-state index contributed by atoms with van der Waals surface area (Å²) in [4.78, 5) is 24.4. The maximum absolute atomic E-state index is 12.2. The van der Waals surface area contributed by atoms with Crippen LogP contribution in [0.2, 0.25) is 0 Å². The quantitative estimate of drug-likeness (QED) is 0.756. The normalized spacial score (nSPS) is 10.6. The lowest BCUT2D eigenvalue weighted by Gasteiger charge is -2.10. The van der Waals surface area contributed by atoms with E-state index in [9.17, 15) is 9.59 Å². The maximum Gasteiger partial charge on any atom is 0.369 e. The van der Waals surface area contributed by atoms with Gasteiger partial charge in [0.25, 0.3) is 0 Å². The predicted molar refractivity (Wildman–Crippen MR) is 89.9 cm³/mol. The molecule has 1 aromatic carbocycles. The average Bonchev–Trinajstić information content (AvgIpc) is 3.18. The lowest BCUT2D eigenvalue weighted by atomic mass is 10.2. The number of ether oxygens (including phenoxy) is 1. The van der Waals surface area contributed by atoms with E-state index in [1.807, 2.05) is 24.4 Å². The van der Waals surface area contributed by atoms with E-state index in [0.29, 0.717) is 16.4 Å². The van der Waals surface area contributed by atoms with Crippen molar-refractivity contribution in [2.75, 3.05) is 12.4 Å². The molecule has 2 aromatic heterocycles. The van der Waals surface area contributed by atoms with Crippen molar-refractivity contribution in [3.8, 4) is 10.8 Å². The number of nitrogens with one attached hydrogen (secondary N) is 1. The van der Waals surface area contributed by atoms with E-state index in [2.05, 4.69) is 15.7 Å². The highest BCUT2D eigenvalue weighted by atomic mass is 32.1. The molecule has 0 aliphatic heterocycles. The molecule has 1 N–H and O–H groups in total. The number of nitrogens with zero attached hydrogens (tertiary/aromatic N) is 4. The Kier molecular flexibility index (Phi) is 4.43. The van der Waals surface area contributed by atoms with Gasteiger partial charge in [0.15, 0.2) is 0 Å². The van der Waals surface area contributed by atoms with Gasteiger partial charge in [-0.25, -0.2) is 4.79 Å². The van der Waals surface area contributed by atoms with Gasteiger partial charge >= 0.3 is 5.69 Å². The number of methoxy groups -OCH3 is 1. The number of hydrogen-bond donors (Lipinski definition) is 1. The highest BCUT2D eigenvalue weighted by Gasteiger charge is 2.14. The number of thiophene rings is 1. The third-order valence-electron chi connectivity index (χ3n) is 3.28. The van der Waals surface area contributed by atoms with E-state index >= 15 is 0 Å². The molecule has 0 aliphatic rings. The Balaban J connectivity index is 1.77. The molecule has 0 saturated carbocycles.